The molecule has 1 aliphatic rings. The predicted molar refractivity (Wildman–Crippen MR) is 117 cm³/mol. The van der Waals surface area contributed by atoms with Gasteiger partial charge in [0.1, 0.15) is 5.52 Å². The quantitative estimate of drug-likeness (QED) is 0.699. The van der Waals surface area contributed by atoms with E-state index < -0.39 is 0 Å². The molecule has 1 N–H and O–H groups in total. The number of carbonyl (C=O) groups excluding carboxylic acids is 2. The lowest BCUT2D eigenvalue weighted by atomic mass is 10.1. The number of aromatic nitrogens is 3. The molecule has 30 heavy (non-hydrogen) atoms. The number of likely N-dealkylation sites (N-methyl/N-ethyl adjacent to an activating group) is 1. The number of benzene rings is 2. The molecule has 4 rings (SSSR count). The maximum atomic E-state index is 12.9. The van der Waals surface area contributed by atoms with Crippen molar-refractivity contribution >= 4 is 28.5 Å². The zero-order valence-corrected chi connectivity index (χ0v) is 17.7. The highest BCUT2D eigenvalue weighted by atomic mass is 16.2. The Hall–Kier alpha value is -3.22. The van der Waals surface area contributed by atoms with E-state index in [0.29, 0.717) is 17.1 Å². The highest BCUT2D eigenvalue weighted by Gasteiger charge is 2.21. The van der Waals surface area contributed by atoms with Gasteiger partial charge in [-0.25, -0.2) is 4.68 Å². The van der Waals surface area contributed by atoms with E-state index >= 15 is 0 Å². The van der Waals surface area contributed by atoms with E-state index in [1.165, 1.54) is 17.7 Å². The number of hydrogen-bond acceptors (Lipinski definition) is 4. The molecule has 1 saturated carbocycles. The second kappa shape index (κ2) is 8.26. The van der Waals surface area contributed by atoms with E-state index in [0.717, 1.165) is 35.2 Å². The summed E-state index contributed by atoms with van der Waals surface area (Å²) < 4.78 is 1.98. The van der Waals surface area contributed by atoms with Gasteiger partial charge in [0.2, 0.25) is 5.91 Å². The van der Waals surface area contributed by atoms with Crippen molar-refractivity contribution in [3.05, 3.63) is 53.1 Å². The number of fused-ring (bicyclic) bond motifs is 1. The van der Waals surface area contributed by atoms with Gasteiger partial charge >= 0.3 is 0 Å². The molecule has 156 valence electrons. The van der Waals surface area contributed by atoms with E-state index in [-0.39, 0.29) is 18.4 Å². The van der Waals surface area contributed by atoms with Crippen molar-refractivity contribution in [3.63, 3.8) is 0 Å². The smallest absolute Gasteiger partial charge is 0.254 e. The first-order valence-electron chi connectivity index (χ1n) is 10.4. The van der Waals surface area contributed by atoms with Gasteiger partial charge in [-0.15, -0.1) is 5.10 Å². The van der Waals surface area contributed by atoms with Crippen molar-refractivity contribution in [3.8, 4) is 0 Å². The van der Waals surface area contributed by atoms with Gasteiger partial charge in [0.15, 0.2) is 0 Å². The topological polar surface area (TPSA) is 80.1 Å². The average Bonchev–Trinajstić information content (AvgIpc) is 3.39. The van der Waals surface area contributed by atoms with Gasteiger partial charge in [-0.3, -0.25) is 9.59 Å². The third kappa shape index (κ3) is 3.92. The van der Waals surface area contributed by atoms with Gasteiger partial charge in [-0.2, -0.15) is 0 Å². The number of aryl methyl sites for hydroxylation is 1. The van der Waals surface area contributed by atoms with Crippen LogP contribution in [0.25, 0.3) is 11.0 Å². The molecule has 2 amide bonds. The summed E-state index contributed by atoms with van der Waals surface area (Å²) in [4.78, 5) is 26.7. The van der Waals surface area contributed by atoms with E-state index in [1.807, 2.05) is 42.8 Å². The Labute approximate surface area is 176 Å². The maximum absolute atomic E-state index is 12.9. The fourth-order valence-electron chi connectivity index (χ4n) is 4.08. The molecular formula is C23H27N5O2. The summed E-state index contributed by atoms with van der Waals surface area (Å²) >= 11 is 0. The molecule has 0 radical (unpaired) electrons. The van der Waals surface area contributed by atoms with Gasteiger partial charge in [0.25, 0.3) is 5.91 Å². The van der Waals surface area contributed by atoms with Gasteiger partial charge in [-0.05, 0) is 62.1 Å². The van der Waals surface area contributed by atoms with Crippen LogP contribution >= 0.6 is 0 Å². The molecule has 0 unspecified atom stereocenters. The van der Waals surface area contributed by atoms with Crippen LogP contribution in [-0.2, 0) is 4.79 Å². The number of amides is 2. The second-order valence-electron chi connectivity index (χ2n) is 8.13. The Kier molecular flexibility index (Phi) is 5.53. The highest BCUT2D eigenvalue weighted by molar-refractivity contribution is 6.01. The lowest BCUT2D eigenvalue weighted by molar-refractivity contribution is -0.116. The van der Waals surface area contributed by atoms with Crippen molar-refractivity contribution in [2.45, 2.75) is 45.6 Å². The lowest BCUT2D eigenvalue weighted by Crippen LogP contribution is -2.35. The van der Waals surface area contributed by atoms with Crippen LogP contribution in [0.15, 0.2) is 36.4 Å². The van der Waals surface area contributed by atoms with Crippen molar-refractivity contribution in [1.82, 2.24) is 19.9 Å². The van der Waals surface area contributed by atoms with Crippen LogP contribution in [0.1, 0.15) is 53.2 Å². The Morgan fingerprint density at radius 1 is 1.17 bits per heavy atom. The molecule has 0 saturated heterocycles. The summed E-state index contributed by atoms with van der Waals surface area (Å²) in [6.45, 7) is 3.94. The maximum Gasteiger partial charge on any atom is 0.254 e. The zero-order valence-electron chi connectivity index (χ0n) is 17.7. The SMILES string of the molecule is Cc1cccc(NC(=O)CN(C)C(=O)c2ccc3c(c2)nnn3C2CCCC2)c1C. The monoisotopic (exact) mass is 405 g/mol. The average molecular weight is 406 g/mol. The summed E-state index contributed by atoms with van der Waals surface area (Å²) in [5.41, 5.74) is 5.07. The van der Waals surface area contributed by atoms with E-state index in [9.17, 15) is 9.59 Å². The van der Waals surface area contributed by atoms with Crippen molar-refractivity contribution < 1.29 is 9.59 Å². The number of nitrogens with one attached hydrogen (secondary N) is 1. The lowest BCUT2D eigenvalue weighted by Gasteiger charge is -2.18. The molecule has 1 heterocycles. The van der Waals surface area contributed by atoms with Gasteiger partial charge in [-0.1, -0.05) is 30.2 Å². The van der Waals surface area contributed by atoms with Crippen LogP contribution < -0.4 is 5.32 Å². The van der Waals surface area contributed by atoms with E-state index in [2.05, 4.69) is 15.6 Å². The normalized spacial score (nSPS) is 14.2. The van der Waals surface area contributed by atoms with Crippen LogP contribution in [0.2, 0.25) is 0 Å². The summed E-state index contributed by atoms with van der Waals surface area (Å²) in [6, 6.07) is 11.6. The molecule has 0 aliphatic heterocycles. The summed E-state index contributed by atoms with van der Waals surface area (Å²) in [6.07, 6.45) is 4.68. The molecule has 0 atom stereocenters. The molecule has 7 heteroatoms. The van der Waals surface area contributed by atoms with Crippen molar-refractivity contribution in [1.29, 1.82) is 0 Å². The molecular weight excluding hydrogens is 378 g/mol. The zero-order chi connectivity index (χ0) is 21.3. The van der Waals surface area contributed by atoms with Crippen molar-refractivity contribution in [2.75, 3.05) is 18.9 Å². The van der Waals surface area contributed by atoms with Gasteiger partial charge in [0.05, 0.1) is 18.1 Å². The van der Waals surface area contributed by atoms with Gasteiger partial charge in [0, 0.05) is 18.3 Å². The largest absolute Gasteiger partial charge is 0.332 e. The summed E-state index contributed by atoms with van der Waals surface area (Å²) in [5, 5.41) is 11.5. The first kappa shape index (κ1) is 20.1. The Morgan fingerprint density at radius 3 is 2.70 bits per heavy atom. The first-order chi connectivity index (χ1) is 14.4. The molecule has 1 fully saturated rings. The van der Waals surface area contributed by atoms with E-state index in [4.69, 9.17) is 0 Å². The second-order valence-corrected chi connectivity index (χ2v) is 8.13. The summed E-state index contributed by atoms with van der Waals surface area (Å²) in [5.74, 6) is -0.448. The molecule has 2 aromatic carbocycles. The number of hydrogen-bond donors (Lipinski definition) is 1. The van der Waals surface area contributed by atoms with Crippen LogP contribution in [-0.4, -0.2) is 45.3 Å². The molecule has 0 bridgehead atoms. The van der Waals surface area contributed by atoms with Crippen LogP contribution in [0, 0.1) is 13.8 Å². The standard InChI is InChI=1S/C23H27N5O2/c1-15-7-6-10-19(16(15)2)24-22(29)14-27(3)23(30)17-11-12-21-20(13-17)25-26-28(21)18-8-4-5-9-18/h6-7,10-13,18H,4-5,8-9,14H2,1-3H3,(H,24,29). The van der Waals surface area contributed by atoms with Crippen LogP contribution in [0.4, 0.5) is 5.69 Å². The number of carbonyl (C=O) groups is 2. The Bertz CT molecular complexity index is 1100. The molecule has 3 aromatic rings. The predicted octanol–water partition coefficient (Wildman–Crippen LogP) is 3.87. The number of rotatable bonds is 5. The Balaban J connectivity index is 1.45. The fourth-order valence-corrected chi connectivity index (χ4v) is 4.08. The minimum Gasteiger partial charge on any atom is -0.332 e. The third-order valence-corrected chi connectivity index (χ3v) is 5.99. The molecule has 7 nitrogen and oxygen atoms in total. The molecule has 1 aliphatic carbocycles. The highest BCUT2D eigenvalue weighted by Crippen LogP contribution is 2.31. The van der Waals surface area contributed by atoms with Gasteiger partial charge < -0.3 is 10.2 Å². The minimum absolute atomic E-state index is 0.0288. The third-order valence-electron chi connectivity index (χ3n) is 5.99. The number of nitrogens with zero attached hydrogens (tertiary/aromatic N) is 4. The summed E-state index contributed by atoms with van der Waals surface area (Å²) in [7, 11) is 1.63. The fraction of sp³-hybridized carbons (Fsp3) is 0.391. The Morgan fingerprint density at radius 2 is 1.93 bits per heavy atom. The minimum atomic E-state index is -0.229. The van der Waals surface area contributed by atoms with Crippen LogP contribution in [0.5, 0.6) is 0 Å². The molecule has 0 spiro atoms. The number of anilines is 1. The van der Waals surface area contributed by atoms with E-state index in [1.54, 1.807) is 19.2 Å². The first-order valence-corrected chi connectivity index (χ1v) is 10.4. The van der Waals surface area contributed by atoms with Crippen molar-refractivity contribution in [2.24, 2.45) is 0 Å². The molecule has 1 aromatic heterocycles. The van der Waals surface area contributed by atoms with Crippen LogP contribution in [0.3, 0.4) is 0 Å².